The summed E-state index contributed by atoms with van der Waals surface area (Å²) in [5.74, 6) is 0.698. The maximum Gasteiger partial charge on any atom is 0.251 e. The lowest BCUT2D eigenvalue weighted by Crippen LogP contribution is -2.47. The molecule has 7 nitrogen and oxygen atoms in total. The maximum absolute atomic E-state index is 12.2. The van der Waals surface area contributed by atoms with E-state index in [1.807, 2.05) is 0 Å². The van der Waals surface area contributed by atoms with Gasteiger partial charge in [0.25, 0.3) is 5.91 Å². The Labute approximate surface area is 199 Å². The van der Waals surface area contributed by atoms with Crippen molar-refractivity contribution in [2.45, 2.75) is 12.5 Å². The highest BCUT2D eigenvalue weighted by molar-refractivity contribution is 14.0. The van der Waals surface area contributed by atoms with E-state index in [0.29, 0.717) is 34.7 Å². The number of rotatable bonds is 5. The number of halogens is 3. The van der Waals surface area contributed by atoms with Crippen molar-refractivity contribution in [2.24, 2.45) is 4.99 Å². The van der Waals surface area contributed by atoms with Crippen LogP contribution in [0.2, 0.25) is 10.0 Å². The Morgan fingerprint density at radius 2 is 1.90 bits per heavy atom. The van der Waals surface area contributed by atoms with Gasteiger partial charge in [0.15, 0.2) is 5.96 Å². The molecule has 29 heavy (non-hydrogen) atoms. The molecule has 1 unspecified atom stereocenters. The van der Waals surface area contributed by atoms with Crippen LogP contribution in [0.3, 0.4) is 0 Å². The number of carbonyl (C=O) groups excluding carboxylic acids is 1. The zero-order chi connectivity index (χ0) is 19.9. The molecular formula is C19H28Cl2IN5O2. The molecule has 2 N–H and O–H groups in total. The fourth-order valence-corrected chi connectivity index (χ4v) is 3.90. The number of hydrogen-bond acceptors (Lipinski definition) is 4. The van der Waals surface area contributed by atoms with Crippen LogP contribution in [0.4, 0.5) is 0 Å². The number of ether oxygens (including phenoxy) is 1. The third-order valence-corrected chi connectivity index (χ3v) is 5.85. The second-order valence-corrected chi connectivity index (χ2v) is 7.71. The minimum Gasteiger partial charge on any atom is -0.379 e. The van der Waals surface area contributed by atoms with E-state index < -0.39 is 0 Å². The first-order valence-corrected chi connectivity index (χ1v) is 10.3. The van der Waals surface area contributed by atoms with E-state index >= 15 is 0 Å². The first-order chi connectivity index (χ1) is 13.6. The van der Waals surface area contributed by atoms with Gasteiger partial charge in [-0.05, 0) is 24.6 Å². The van der Waals surface area contributed by atoms with E-state index in [9.17, 15) is 4.79 Å². The van der Waals surface area contributed by atoms with Crippen molar-refractivity contribution in [3.8, 4) is 0 Å². The maximum atomic E-state index is 12.2. The molecule has 2 aliphatic heterocycles. The number of nitrogens with one attached hydrogen (secondary N) is 2. The van der Waals surface area contributed by atoms with Crippen LogP contribution in [0.25, 0.3) is 0 Å². The Morgan fingerprint density at radius 1 is 1.17 bits per heavy atom. The molecule has 2 heterocycles. The standard InChI is InChI=1S/C19H27Cl2N5O2.HI/c1-22-19(26-7-4-15(13-26)25-8-10-28-11-9-25)24-6-5-23-18(27)14-2-3-16(20)17(21)12-14;/h2-3,12,15H,4-11,13H2,1H3,(H,22,24)(H,23,27);1H. The van der Waals surface area contributed by atoms with Crippen molar-refractivity contribution >= 4 is 59.0 Å². The summed E-state index contributed by atoms with van der Waals surface area (Å²) in [6.45, 7) is 6.69. The van der Waals surface area contributed by atoms with Crippen molar-refractivity contribution in [1.82, 2.24) is 20.4 Å². The molecule has 1 atom stereocenters. The number of morpholine rings is 1. The van der Waals surface area contributed by atoms with Gasteiger partial charge in [-0.25, -0.2) is 0 Å². The summed E-state index contributed by atoms with van der Waals surface area (Å²) < 4.78 is 5.44. The molecule has 10 heteroatoms. The third-order valence-electron chi connectivity index (χ3n) is 5.11. The monoisotopic (exact) mass is 555 g/mol. The average molecular weight is 556 g/mol. The quantitative estimate of drug-likeness (QED) is 0.253. The van der Waals surface area contributed by atoms with Crippen LogP contribution in [0.1, 0.15) is 16.8 Å². The molecule has 0 radical (unpaired) electrons. The van der Waals surface area contributed by atoms with Crippen molar-refractivity contribution in [3.63, 3.8) is 0 Å². The van der Waals surface area contributed by atoms with Gasteiger partial charge in [-0.15, -0.1) is 24.0 Å². The molecule has 1 aromatic rings. The summed E-state index contributed by atoms with van der Waals surface area (Å²) in [4.78, 5) is 21.4. The van der Waals surface area contributed by atoms with Gasteiger partial charge in [-0.3, -0.25) is 14.7 Å². The number of nitrogens with zero attached hydrogens (tertiary/aromatic N) is 3. The van der Waals surface area contributed by atoms with Crippen molar-refractivity contribution in [3.05, 3.63) is 33.8 Å². The average Bonchev–Trinajstić information content (AvgIpc) is 3.20. The normalized spacial score (nSPS) is 20.3. The molecular weight excluding hydrogens is 528 g/mol. The highest BCUT2D eigenvalue weighted by Gasteiger charge is 2.30. The predicted octanol–water partition coefficient (Wildman–Crippen LogP) is 2.32. The lowest BCUT2D eigenvalue weighted by atomic mass is 10.2. The van der Waals surface area contributed by atoms with E-state index in [4.69, 9.17) is 27.9 Å². The van der Waals surface area contributed by atoms with Gasteiger partial charge in [0.2, 0.25) is 0 Å². The number of carbonyl (C=O) groups is 1. The number of likely N-dealkylation sites (tertiary alicyclic amines) is 1. The number of hydrogen-bond donors (Lipinski definition) is 2. The predicted molar refractivity (Wildman–Crippen MR) is 128 cm³/mol. The van der Waals surface area contributed by atoms with Gasteiger partial charge < -0.3 is 20.3 Å². The largest absolute Gasteiger partial charge is 0.379 e. The molecule has 0 aromatic heterocycles. The Balaban J connectivity index is 0.00000300. The van der Waals surface area contributed by atoms with Gasteiger partial charge in [0.05, 0.1) is 23.3 Å². The van der Waals surface area contributed by atoms with Crippen LogP contribution in [0.15, 0.2) is 23.2 Å². The van der Waals surface area contributed by atoms with Crippen LogP contribution < -0.4 is 10.6 Å². The Hall–Kier alpha value is -0.810. The minimum atomic E-state index is -0.177. The Bertz CT molecular complexity index is 716. The molecule has 1 amide bonds. The summed E-state index contributed by atoms with van der Waals surface area (Å²) in [5.41, 5.74) is 0.492. The summed E-state index contributed by atoms with van der Waals surface area (Å²) >= 11 is 11.8. The van der Waals surface area contributed by atoms with Crippen molar-refractivity contribution < 1.29 is 9.53 Å². The van der Waals surface area contributed by atoms with E-state index in [0.717, 1.165) is 51.8 Å². The second kappa shape index (κ2) is 12.1. The summed E-state index contributed by atoms with van der Waals surface area (Å²) in [5, 5.41) is 7.02. The van der Waals surface area contributed by atoms with Crippen LogP contribution in [-0.4, -0.2) is 87.2 Å². The number of benzene rings is 1. The molecule has 3 rings (SSSR count). The lowest BCUT2D eigenvalue weighted by Gasteiger charge is -2.32. The van der Waals surface area contributed by atoms with E-state index in [-0.39, 0.29) is 29.9 Å². The lowest BCUT2D eigenvalue weighted by molar-refractivity contribution is 0.0195. The highest BCUT2D eigenvalue weighted by atomic mass is 127. The van der Waals surface area contributed by atoms with E-state index in [1.54, 1.807) is 25.2 Å². The summed E-state index contributed by atoms with van der Waals surface area (Å²) in [7, 11) is 1.79. The molecule has 0 aliphatic carbocycles. The number of amides is 1. The van der Waals surface area contributed by atoms with Crippen molar-refractivity contribution in [1.29, 1.82) is 0 Å². The van der Waals surface area contributed by atoms with Gasteiger partial charge in [-0.1, -0.05) is 23.2 Å². The van der Waals surface area contributed by atoms with Gasteiger partial charge in [0.1, 0.15) is 0 Å². The molecule has 0 spiro atoms. The summed E-state index contributed by atoms with van der Waals surface area (Å²) in [6, 6.07) is 5.40. The third kappa shape index (κ3) is 6.85. The molecule has 2 aliphatic rings. The van der Waals surface area contributed by atoms with Crippen LogP contribution in [0.5, 0.6) is 0 Å². The fourth-order valence-electron chi connectivity index (χ4n) is 3.60. The van der Waals surface area contributed by atoms with Gasteiger partial charge in [-0.2, -0.15) is 0 Å². The first-order valence-electron chi connectivity index (χ1n) is 9.59. The van der Waals surface area contributed by atoms with Gasteiger partial charge >= 0.3 is 0 Å². The summed E-state index contributed by atoms with van der Waals surface area (Å²) in [6.07, 6.45) is 1.13. The smallest absolute Gasteiger partial charge is 0.251 e. The van der Waals surface area contributed by atoms with E-state index in [2.05, 4.69) is 25.4 Å². The van der Waals surface area contributed by atoms with E-state index in [1.165, 1.54) is 0 Å². The number of aliphatic imine (C=N–C) groups is 1. The molecule has 1 aromatic carbocycles. The Morgan fingerprint density at radius 3 is 2.59 bits per heavy atom. The minimum absolute atomic E-state index is 0. The molecule has 2 saturated heterocycles. The zero-order valence-electron chi connectivity index (χ0n) is 16.5. The molecule has 162 valence electrons. The topological polar surface area (TPSA) is 69.2 Å². The first kappa shape index (κ1) is 24.5. The van der Waals surface area contributed by atoms with Crippen LogP contribution in [0, 0.1) is 0 Å². The Kier molecular flexibility index (Phi) is 10.2. The van der Waals surface area contributed by atoms with Crippen LogP contribution >= 0.6 is 47.2 Å². The molecule has 2 fully saturated rings. The van der Waals surface area contributed by atoms with Crippen LogP contribution in [-0.2, 0) is 4.74 Å². The second-order valence-electron chi connectivity index (χ2n) is 6.90. The van der Waals surface area contributed by atoms with Gasteiger partial charge in [0, 0.05) is 57.9 Å². The number of guanidine groups is 1. The highest BCUT2D eigenvalue weighted by Crippen LogP contribution is 2.22. The molecule has 0 saturated carbocycles. The SMILES string of the molecule is CN=C(NCCNC(=O)c1ccc(Cl)c(Cl)c1)N1CCC(N2CCOCC2)C1.I. The fraction of sp³-hybridized carbons (Fsp3) is 0.579. The van der Waals surface area contributed by atoms with Crippen molar-refractivity contribution in [2.75, 3.05) is 59.5 Å². The molecule has 0 bridgehead atoms. The zero-order valence-corrected chi connectivity index (χ0v) is 20.3.